The maximum Gasteiger partial charge on any atom is 0.108 e. The van der Waals surface area contributed by atoms with Gasteiger partial charge in [0.2, 0.25) is 0 Å². The molecule has 0 aromatic carbocycles. The van der Waals surface area contributed by atoms with E-state index in [0.717, 1.165) is 0 Å². The molecule has 0 aromatic rings. The SMILES string of the molecule is C[CH][C@H](N)OC. The van der Waals surface area contributed by atoms with E-state index in [0.29, 0.717) is 0 Å². The lowest BCUT2D eigenvalue weighted by atomic mass is 10.4. The Morgan fingerprint density at radius 1 is 1.83 bits per heavy atom. The Kier molecular flexibility index (Phi) is 3.08. The van der Waals surface area contributed by atoms with Crippen LogP contribution in [0.25, 0.3) is 0 Å². The van der Waals surface area contributed by atoms with Gasteiger partial charge in [0.25, 0.3) is 0 Å². The van der Waals surface area contributed by atoms with Crippen LogP contribution in [-0.2, 0) is 4.74 Å². The van der Waals surface area contributed by atoms with Crippen molar-refractivity contribution in [3.05, 3.63) is 6.42 Å². The molecule has 0 saturated carbocycles. The molecule has 0 saturated heterocycles. The minimum Gasteiger partial charge on any atom is -0.367 e. The highest BCUT2D eigenvalue weighted by atomic mass is 16.5. The fourth-order valence-electron chi connectivity index (χ4n) is 0.136. The van der Waals surface area contributed by atoms with Gasteiger partial charge in [-0.3, -0.25) is 0 Å². The van der Waals surface area contributed by atoms with E-state index >= 15 is 0 Å². The second-order valence-corrected chi connectivity index (χ2v) is 1.03. The zero-order valence-electron chi connectivity index (χ0n) is 4.14. The highest BCUT2D eigenvalue weighted by molar-refractivity contribution is 4.61. The Morgan fingerprint density at radius 2 is 2.33 bits per heavy atom. The average molecular weight is 88.1 g/mol. The number of rotatable bonds is 2. The van der Waals surface area contributed by atoms with Crippen molar-refractivity contribution in [2.75, 3.05) is 7.11 Å². The molecule has 6 heavy (non-hydrogen) atoms. The molecule has 0 aromatic heterocycles. The lowest BCUT2D eigenvalue weighted by molar-refractivity contribution is 0.134. The molecule has 2 N–H and O–H groups in total. The second kappa shape index (κ2) is 3.12. The van der Waals surface area contributed by atoms with Crippen LogP contribution in [-0.4, -0.2) is 13.3 Å². The fourth-order valence-corrected chi connectivity index (χ4v) is 0.136. The molecule has 0 aliphatic heterocycles. The summed E-state index contributed by atoms with van der Waals surface area (Å²) in [5.74, 6) is 0. The number of hydrogen-bond acceptors (Lipinski definition) is 2. The summed E-state index contributed by atoms with van der Waals surface area (Å²) >= 11 is 0. The molecule has 0 fully saturated rings. The van der Waals surface area contributed by atoms with Gasteiger partial charge in [-0.25, -0.2) is 0 Å². The highest BCUT2D eigenvalue weighted by Gasteiger charge is 1.88. The van der Waals surface area contributed by atoms with E-state index in [4.69, 9.17) is 5.73 Å². The van der Waals surface area contributed by atoms with Gasteiger partial charge in [-0.05, 0) is 0 Å². The van der Waals surface area contributed by atoms with Gasteiger partial charge in [0.1, 0.15) is 6.23 Å². The van der Waals surface area contributed by atoms with Gasteiger partial charge in [0.05, 0.1) is 0 Å². The Bertz CT molecular complexity index is 26.7. The van der Waals surface area contributed by atoms with Crippen molar-refractivity contribution >= 4 is 0 Å². The predicted octanol–water partition coefficient (Wildman–Crippen LogP) is 0.142. The van der Waals surface area contributed by atoms with E-state index in [1.807, 2.05) is 6.92 Å². The summed E-state index contributed by atoms with van der Waals surface area (Å²) in [6, 6.07) is 0. The maximum atomic E-state index is 5.19. The number of nitrogens with two attached hydrogens (primary N) is 1. The Labute approximate surface area is 38.3 Å². The van der Waals surface area contributed by atoms with Crippen LogP contribution in [0.1, 0.15) is 6.92 Å². The molecule has 2 nitrogen and oxygen atoms in total. The highest BCUT2D eigenvalue weighted by Crippen LogP contribution is 1.79. The minimum atomic E-state index is -0.190. The van der Waals surface area contributed by atoms with Gasteiger partial charge < -0.3 is 10.5 Å². The van der Waals surface area contributed by atoms with Crippen LogP contribution in [0, 0.1) is 6.42 Å². The molecule has 37 valence electrons. The molecule has 0 aliphatic rings. The van der Waals surface area contributed by atoms with Crippen molar-refractivity contribution in [2.45, 2.75) is 13.2 Å². The molecule has 1 radical (unpaired) electrons. The molecular weight excluding hydrogens is 78.0 g/mol. The maximum absolute atomic E-state index is 5.19. The van der Waals surface area contributed by atoms with Gasteiger partial charge in [-0.1, -0.05) is 6.92 Å². The van der Waals surface area contributed by atoms with Gasteiger partial charge in [0, 0.05) is 13.5 Å². The summed E-state index contributed by atoms with van der Waals surface area (Å²) in [6.07, 6.45) is 1.59. The first-order valence-electron chi connectivity index (χ1n) is 1.89. The molecule has 0 unspecified atom stereocenters. The van der Waals surface area contributed by atoms with Crippen LogP contribution in [0.4, 0.5) is 0 Å². The van der Waals surface area contributed by atoms with Gasteiger partial charge in [-0.2, -0.15) is 0 Å². The molecule has 0 spiro atoms. The summed E-state index contributed by atoms with van der Waals surface area (Å²) in [5.41, 5.74) is 5.19. The predicted molar refractivity (Wildman–Crippen MR) is 25.0 cm³/mol. The molecule has 0 bridgehead atoms. The topological polar surface area (TPSA) is 35.2 Å². The number of methoxy groups -OCH3 is 1. The molecule has 0 heterocycles. The lowest BCUT2D eigenvalue weighted by Gasteiger charge is -2.01. The van der Waals surface area contributed by atoms with Crippen molar-refractivity contribution < 1.29 is 4.74 Å². The average Bonchev–Trinajstić information content (AvgIpc) is 1.65. The monoisotopic (exact) mass is 88.1 g/mol. The zero-order valence-corrected chi connectivity index (χ0v) is 4.14. The van der Waals surface area contributed by atoms with E-state index in [-0.39, 0.29) is 6.23 Å². The smallest absolute Gasteiger partial charge is 0.108 e. The third-order valence-corrected chi connectivity index (χ3v) is 0.601. The summed E-state index contributed by atoms with van der Waals surface area (Å²) in [5, 5.41) is 0. The molecule has 0 aliphatic carbocycles. The fraction of sp³-hybridized carbons (Fsp3) is 0.750. The van der Waals surface area contributed by atoms with E-state index in [1.54, 1.807) is 13.5 Å². The van der Waals surface area contributed by atoms with E-state index in [1.165, 1.54) is 0 Å². The van der Waals surface area contributed by atoms with Crippen LogP contribution in [0.2, 0.25) is 0 Å². The summed E-state index contributed by atoms with van der Waals surface area (Å²) in [4.78, 5) is 0. The van der Waals surface area contributed by atoms with E-state index in [2.05, 4.69) is 4.74 Å². The molecular formula is C4H10NO. The van der Waals surface area contributed by atoms with Crippen LogP contribution < -0.4 is 5.73 Å². The van der Waals surface area contributed by atoms with Crippen molar-refractivity contribution in [1.29, 1.82) is 0 Å². The van der Waals surface area contributed by atoms with Crippen molar-refractivity contribution in [3.63, 3.8) is 0 Å². The Morgan fingerprint density at radius 3 is 2.33 bits per heavy atom. The summed E-state index contributed by atoms with van der Waals surface area (Å²) in [6.45, 7) is 1.86. The largest absolute Gasteiger partial charge is 0.367 e. The molecule has 0 amide bonds. The van der Waals surface area contributed by atoms with E-state index in [9.17, 15) is 0 Å². The Balaban J connectivity index is 2.75. The molecule has 0 rings (SSSR count). The second-order valence-electron chi connectivity index (χ2n) is 1.03. The van der Waals surface area contributed by atoms with Gasteiger partial charge >= 0.3 is 0 Å². The normalized spacial score (nSPS) is 14.5. The van der Waals surface area contributed by atoms with Crippen molar-refractivity contribution in [1.82, 2.24) is 0 Å². The molecule has 2 heteroatoms. The number of hydrogen-bond donors (Lipinski definition) is 1. The quantitative estimate of drug-likeness (QED) is 0.487. The minimum absolute atomic E-state index is 0.190. The van der Waals surface area contributed by atoms with Crippen molar-refractivity contribution in [2.24, 2.45) is 5.73 Å². The van der Waals surface area contributed by atoms with Gasteiger partial charge in [0.15, 0.2) is 0 Å². The van der Waals surface area contributed by atoms with Crippen LogP contribution >= 0.6 is 0 Å². The summed E-state index contributed by atoms with van der Waals surface area (Å²) < 4.78 is 4.62. The van der Waals surface area contributed by atoms with Crippen LogP contribution in [0.3, 0.4) is 0 Å². The lowest BCUT2D eigenvalue weighted by Crippen LogP contribution is -2.20. The van der Waals surface area contributed by atoms with Gasteiger partial charge in [-0.15, -0.1) is 0 Å². The van der Waals surface area contributed by atoms with Crippen LogP contribution in [0.5, 0.6) is 0 Å². The third kappa shape index (κ3) is 2.18. The zero-order chi connectivity index (χ0) is 4.99. The Hall–Kier alpha value is -0.0800. The third-order valence-electron chi connectivity index (χ3n) is 0.601. The van der Waals surface area contributed by atoms with Crippen LogP contribution in [0.15, 0.2) is 0 Å². The first-order valence-corrected chi connectivity index (χ1v) is 1.89. The standard InChI is InChI=1S/C4H10NO/c1-3-4(5)6-2/h3-4H,5H2,1-2H3/t4-/m1/s1. The number of ether oxygens (including phenoxy) is 1. The van der Waals surface area contributed by atoms with Crippen molar-refractivity contribution in [3.8, 4) is 0 Å². The first-order chi connectivity index (χ1) is 2.81. The first kappa shape index (κ1) is 5.92. The molecule has 1 atom stereocenters. The summed E-state index contributed by atoms with van der Waals surface area (Å²) in [7, 11) is 1.57. The van der Waals surface area contributed by atoms with E-state index < -0.39 is 0 Å².